The zero-order chi connectivity index (χ0) is 21.2. The van der Waals surface area contributed by atoms with Crippen LogP contribution in [-0.2, 0) is 25.5 Å². The van der Waals surface area contributed by atoms with Crippen LogP contribution in [0.5, 0.6) is 11.5 Å². The molecular weight excluding hydrogens is 372 g/mol. The molecule has 6 heteroatoms. The van der Waals surface area contributed by atoms with E-state index in [4.69, 9.17) is 18.9 Å². The van der Waals surface area contributed by atoms with Gasteiger partial charge in [-0.2, -0.15) is 0 Å². The predicted octanol–water partition coefficient (Wildman–Crippen LogP) is 3.54. The molecule has 2 aromatic carbocycles. The molecule has 0 radical (unpaired) electrons. The fraction of sp³-hybridized carbons (Fsp3) is 0.304. The summed E-state index contributed by atoms with van der Waals surface area (Å²) in [6.07, 6.45) is 4.16. The van der Waals surface area contributed by atoms with E-state index in [2.05, 4.69) is 0 Å². The van der Waals surface area contributed by atoms with Crippen LogP contribution in [0.1, 0.15) is 11.1 Å². The fourth-order valence-corrected chi connectivity index (χ4v) is 2.98. The molecule has 0 aliphatic carbocycles. The summed E-state index contributed by atoms with van der Waals surface area (Å²) in [6.45, 7) is 0. The van der Waals surface area contributed by atoms with Gasteiger partial charge in [-0.15, -0.1) is 0 Å². The van der Waals surface area contributed by atoms with Gasteiger partial charge < -0.3 is 18.9 Å². The Morgan fingerprint density at radius 2 is 1.28 bits per heavy atom. The Hall–Kier alpha value is -3.28. The summed E-state index contributed by atoms with van der Waals surface area (Å²) in [5.41, 5.74) is 1.87. The molecule has 29 heavy (non-hydrogen) atoms. The lowest BCUT2D eigenvalue weighted by atomic mass is 9.85. The molecule has 0 saturated heterocycles. The molecule has 0 aliphatic heterocycles. The molecule has 0 aliphatic rings. The Morgan fingerprint density at radius 1 is 0.793 bits per heavy atom. The van der Waals surface area contributed by atoms with E-state index in [1.807, 2.05) is 60.7 Å². The monoisotopic (exact) mass is 398 g/mol. The van der Waals surface area contributed by atoms with Crippen molar-refractivity contribution < 1.29 is 28.5 Å². The lowest BCUT2D eigenvalue weighted by Gasteiger charge is -2.21. The van der Waals surface area contributed by atoms with Gasteiger partial charge in [0.1, 0.15) is 11.5 Å². The summed E-state index contributed by atoms with van der Waals surface area (Å²) in [6, 6.07) is 15.0. The van der Waals surface area contributed by atoms with Crippen molar-refractivity contribution in [2.45, 2.75) is 6.42 Å². The SMILES string of the molecule is COC(=O)C(C(=O)OC)[C@@H](/C=C/c1ccc(OC)cc1)Cc1ccc(OC)cc1. The van der Waals surface area contributed by atoms with Crippen molar-refractivity contribution in [2.75, 3.05) is 28.4 Å². The Bertz CT molecular complexity index is 807. The molecule has 154 valence electrons. The van der Waals surface area contributed by atoms with Crippen LogP contribution >= 0.6 is 0 Å². The summed E-state index contributed by atoms with van der Waals surface area (Å²) >= 11 is 0. The van der Waals surface area contributed by atoms with E-state index in [0.717, 1.165) is 22.6 Å². The van der Waals surface area contributed by atoms with Gasteiger partial charge >= 0.3 is 11.9 Å². The summed E-state index contributed by atoms with van der Waals surface area (Å²) < 4.78 is 20.1. The Labute approximate surface area is 171 Å². The molecule has 0 heterocycles. The molecule has 6 nitrogen and oxygen atoms in total. The molecule has 0 bridgehead atoms. The molecule has 1 atom stereocenters. The minimum Gasteiger partial charge on any atom is -0.497 e. The predicted molar refractivity (Wildman–Crippen MR) is 110 cm³/mol. The van der Waals surface area contributed by atoms with Crippen LogP contribution in [0.3, 0.4) is 0 Å². The Balaban J connectivity index is 2.34. The third-order valence-electron chi connectivity index (χ3n) is 4.62. The average Bonchev–Trinajstić information content (AvgIpc) is 2.77. The number of hydrogen-bond donors (Lipinski definition) is 0. The highest BCUT2D eigenvalue weighted by Crippen LogP contribution is 2.25. The summed E-state index contributed by atoms with van der Waals surface area (Å²) in [7, 11) is 5.72. The third-order valence-corrected chi connectivity index (χ3v) is 4.62. The Morgan fingerprint density at radius 3 is 1.72 bits per heavy atom. The number of esters is 2. The standard InChI is InChI=1S/C23H26O6/c1-26-19-11-6-16(7-12-19)5-10-18(21(22(24)28-3)23(25)29-4)15-17-8-13-20(27-2)14-9-17/h5-14,18,21H,15H2,1-4H3/b10-5+/t18-/m0/s1. The fourth-order valence-electron chi connectivity index (χ4n) is 2.98. The minimum absolute atomic E-state index is 0.450. The van der Waals surface area contributed by atoms with Gasteiger partial charge in [-0.05, 0) is 41.8 Å². The zero-order valence-electron chi connectivity index (χ0n) is 17.1. The normalized spacial score (nSPS) is 11.9. The molecular formula is C23H26O6. The number of hydrogen-bond acceptors (Lipinski definition) is 6. The molecule has 0 unspecified atom stereocenters. The first-order chi connectivity index (χ1) is 14.0. The van der Waals surface area contributed by atoms with Crippen LogP contribution in [0, 0.1) is 11.8 Å². The first kappa shape index (κ1) is 22.0. The lowest BCUT2D eigenvalue weighted by Crippen LogP contribution is -2.33. The van der Waals surface area contributed by atoms with Gasteiger partial charge in [-0.3, -0.25) is 9.59 Å². The molecule has 2 aromatic rings. The Kier molecular flexibility index (Phi) is 8.27. The van der Waals surface area contributed by atoms with E-state index in [1.165, 1.54) is 14.2 Å². The number of benzene rings is 2. The van der Waals surface area contributed by atoms with E-state index in [-0.39, 0.29) is 0 Å². The van der Waals surface area contributed by atoms with Gasteiger partial charge in [0.2, 0.25) is 0 Å². The van der Waals surface area contributed by atoms with Gasteiger partial charge in [-0.1, -0.05) is 36.4 Å². The first-order valence-electron chi connectivity index (χ1n) is 9.13. The van der Waals surface area contributed by atoms with Crippen LogP contribution in [0.2, 0.25) is 0 Å². The summed E-state index contributed by atoms with van der Waals surface area (Å²) in [5.74, 6) is -1.30. The molecule has 0 spiro atoms. The van der Waals surface area contributed by atoms with Gasteiger partial charge in [-0.25, -0.2) is 0 Å². The largest absolute Gasteiger partial charge is 0.497 e. The second-order valence-corrected chi connectivity index (χ2v) is 6.37. The van der Waals surface area contributed by atoms with Gasteiger partial charge in [0, 0.05) is 5.92 Å². The highest BCUT2D eigenvalue weighted by molar-refractivity contribution is 5.95. The van der Waals surface area contributed by atoms with Gasteiger partial charge in [0.05, 0.1) is 28.4 Å². The van der Waals surface area contributed by atoms with E-state index < -0.39 is 23.8 Å². The van der Waals surface area contributed by atoms with E-state index in [9.17, 15) is 9.59 Å². The lowest BCUT2D eigenvalue weighted by molar-refractivity contribution is -0.160. The summed E-state index contributed by atoms with van der Waals surface area (Å²) in [5, 5.41) is 0. The van der Waals surface area contributed by atoms with Crippen molar-refractivity contribution in [1.29, 1.82) is 0 Å². The van der Waals surface area contributed by atoms with Gasteiger partial charge in [0.25, 0.3) is 0 Å². The number of methoxy groups -OCH3 is 4. The summed E-state index contributed by atoms with van der Waals surface area (Å²) in [4.78, 5) is 24.7. The quantitative estimate of drug-likeness (QED) is 0.475. The molecule has 0 amide bonds. The number of ether oxygens (including phenoxy) is 4. The highest BCUT2D eigenvalue weighted by atomic mass is 16.5. The maximum absolute atomic E-state index is 12.3. The van der Waals surface area contributed by atoms with E-state index in [0.29, 0.717) is 6.42 Å². The average molecular weight is 398 g/mol. The molecule has 0 saturated carbocycles. The van der Waals surface area contributed by atoms with Crippen LogP contribution in [0.4, 0.5) is 0 Å². The van der Waals surface area contributed by atoms with Crippen LogP contribution in [0.25, 0.3) is 6.08 Å². The maximum atomic E-state index is 12.3. The maximum Gasteiger partial charge on any atom is 0.320 e. The number of allylic oxidation sites excluding steroid dienone is 1. The van der Waals surface area contributed by atoms with Crippen LogP contribution < -0.4 is 9.47 Å². The van der Waals surface area contributed by atoms with Crippen molar-refractivity contribution in [3.05, 3.63) is 65.7 Å². The highest BCUT2D eigenvalue weighted by Gasteiger charge is 2.35. The smallest absolute Gasteiger partial charge is 0.320 e. The van der Waals surface area contributed by atoms with Crippen molar-refractivity contribution >= 4 is 18.0 Å². The second-order valence-electron chi connectivity index (χ2n) is 6.37. The molecule has 0 fully saturated rings. The van der Waals surface area contributed by atoms with Crippen LogP contribution in [-0.4, -0.2) is 40.4 Å². The minimum atomic E-state index is -1.07. The number of rotatable bonds is 9. The second kappa shape index (κ2) is 10.9. The van der Waals surface area contributed by atoms with Crippen molar-refractivity contribution in [3.8, 4) is 11.5 Å². The van der Waals surface area contributed by atoms with Crippen molar-refractivity contribution in [2.24, 2.45) is 11.8 Å². The molecule has 0 aromatic heterocycles. The molecule has 2 rings (SSSR count). The third kappa shape index (κ3) is 6.10. The van der Waals surface area contributed by atoms with Gasteiger partial charge in [0.15, 0.2) is 5.92 Å². The number of carbonyl (C=O) groups is 2. The zero-order valence-corrected chi connectivity index (χ0v) is 17.1. The van der Waals surface area contributed by atoms with Crippen LogP contribution in [0.15, 0.2) is 54.6 Å². The van der Waals surface area contributed by atoms with E-state index in [1.54, 1.807) is 14.2 Å². The van der Waals surface area contributed by atoms with E-state index >= 15 is 0 Å². The first-order valence-corrected chi connectivity index (χ1v) is 9.13. The number of carbonyl (C=O) groups excluding carboxylic acids is 2. The topological polar surface area (TPSA) is 71.1 Å². The van der Waals surface area contributed by atoms with Crippen molar-refractivity contribution in [1.82, 2.24) is 0 Å². The molecule has 0 N–H and O–H groups in total. The van der Waals surface area contributed by atoms with Crippen molar-refractivity contribution in [3.63, 3.8) is 0 Å².